The standard InChI is InChI=1S/C12H19NS/c1-12(2,13-3)9-10-6-5-7-11(8-10)14-4/h5-8,13H,9H2,1-4H3. The molecular weight excluding hydrogens is 190 g/mol. The molecule has 0 aliphatic rings. The smallest absolute Gasteiger partial charge is 0.0162 e. The Labute approximate surface area is 91.3 Å². The minimum absolute atomic E-state index is 0.178. The van der Waals surface area contributed by atoms with Crippen LogP contribution in [0, 0.1) is 0 Å². The monoisotopic (exact) mass is 209 g/mol. The van der Waals surface area contributed by atoms with E-state index in [2.05, 4.69) is 49.7 Å². The zero-order valence-corrected chi connectivity index (χ0v) is 10.2. The van der Waals surface area contributed by atoms with E-state index in [1.807, 2.05) is 7.05 Å². The van der Waals surface area contributed by atoms with Gasteiger partial charge in [-0.15, -0.1) is 11.8 Å². The zero-order valence-electron chi connectivity index (χ0n) is 9.42. The molecule has 0 fully saturated rings. The van der Waals surface area contributed by atoms with Crippen molar-refractivity contribution in [2.24, 2.45) is 0 Å². The Bertz CT molecular complexity index is 294. The molecule has 0 unspecified atom stereocenters. The first-order valence-electron chi connectivity index (χ1n) is 4.89. The molecule has 0 saturated carbocycles. The normalized spacial score (nSPS) is 11.7. The number of hydrogen-bond donors (Lipinski definition) is 1. The first kappa shape index (κ1) is 11.6. The van der Waals surface area contributed by atoms with Crippen LogP contribution in [0.2, 0.25) is 0 Å². The maximum absolute atomic E-state index is 3.32. The minimum Gasteiger partial charge on any atom is -0.314 e. The van der Waals surface area contributed by atoms with E-state index in [0.29, 0.717) is 0 Å². The van der Waals surface area contributed by atoms with E-state index in [1.165, 1.54) is 10.5 Å². The highest BCUT2D eigenvalue weighted by Crippen LogP contribution is 2.19. The molecule has 0 spiro atoms. The number of benzene rings is 1. The molecule has 0 amide bonds. The molecule has 0 radical (unpaired) electrons. The maximum atomic E-state index is 3.32. The third-order valence-electron chi connectivity index (χ3n) is 2.46. The highest BCUT2D eigenvalue weighted by Gasteiger charge is 2.14. The topological polar surface area (TPSA) is 12.0 Å². The third-order valence-corrected chi connectivity index (χ3v) is 3.18. The van der Waals surface area contributed by atoms with Gasteiger partial charge >= 0.3 is 0 Å². The predicted octanol–water partition coefficient (Wildman–Crippen LogP) is 2.95. The summed E-state index contributed by atoms with van der Waals surface area (Å²) in [6.45, 7) is 4.44. The SMILES string of the molecule is CNC(C)(C)Cc1cccc(SC)c1. The lowest BCUT2D eigenvalue weighted by Gasteiger charge is -2.24. The van der Waals surface area contributed by atoms with Crippen molar-refractivity contribution in [1.82, 2.24) is 5.32 Å². The fourth-order valence-electron chi connectivity index (χ4n) is 1.38. The first-order chi connectivity index (χ1) is 6.57. The Kier molecular flexibility index (Phi) is 4.02. The number of likely N-dealkylation sites (N-methyl/N-ethyl adjacent to an activating group) is 1. The maximum Gasteiger partial charge on any atom is 0.0162 e. The molecule has 14 heavy (non-hydrogen) atoms. The summed E-state index contributed by atoms with van der Waals surface area (Å²) in [5.74, 6) is 0. The first-order valence-corrected chi connectivity index (χ1v) is 6.12. The van der Waals surface area contributed by atoms with Gasteiger partial charge in [0.05, 0.1) is 0 Å². The Morgan fingerprint density at radius 1 is 1.36 bits per heavy atom. The molecule has 1 N–H and O–H groups in total. The van der Waals surface area contributed by atoms with E-state index < -0.39 is 0 Å². The highest BCUT2D eigenvalue weighted by atomic mass is 32.2. The van der Waals surface area contributed by atoms with E-state index in [9.17, 15) is 0 Å². The second kappa shape index (κ2) is 4.85. The second-order valence-electron chi connectivity index (χ2n) is 4.16. The number of thioether (sulfide) groups is 1. The van der Waals surface area contributed by atoms with Gasteiger partial charge in [-0.3, -0.25) is 0 Å². The van der Waals surface area contributed by atoms with Crippen molar-refractivity contribution >= 4 is 11.8 Å². The quantitative estimate of drug-likeness (QED) is 0.765. The molecular formula is C12H19NS. The van der Waals surface area contributed by atoms with E-state index in [-0.39, 0.29) is 5.54 Å². The van der Waals surface area contributed by atoms with E-state index in [0.717, 1.165) is 6.42 Å². The van der Waals surface area contributed by atoms with Crippen LogP contribution in [0.15, 0.2) is 29.2 Å². The van der Waals surface area contributed by atoms with Crippen LogP contribution >= 0.6 is 11.8 Å². The number of rotatable bonds is 4. The summed E-state index contributed by atoms with van der Waals surface area (Å²) in [5.41, 5.74) is 1.58. The Morgan fingerprint density at radius 3 is 2.64 bits per heavy atom. The molecule has 1 rings (SSSR count). The summed E-state index contributed by atoms with van der Waals surface area (Å²) in [6, 6.07) is 8.75. The van der Waals surface area contributed by atoms with Crippen LogP contribution in [0.25, 0.3) is 0 Å². The van der Waals surface area contributed by atoms with Crippen LogP contribution in [0.1, 0.15) is 19.4 Å². The molecule has 1 aromatic carbocycles. The van der Waals surface area contributed by atoms with Gasteiger partial charge in [-0.25, -0.2) is 0 Å². The molecule has 0 heterocycles. The summed E-state index contributed by atoms with van der Waals surface area (Å²) in [5, 5.41) is 3.32. The van der Waals surface area contributed by atoms with Gasteiger partial charge < -0.3 is 5.32 Å². The number of hydrogen-bond acceptors (Lipinski definition) is 2. The Morgan fingerprint density at radius 2 is 2.07 bits per heavy atom. The van der Waals surface area contributed by atoms with Gasteiger partial charge in [-0.1, -0.05) is 12.1 Å². The lowest BCUT2D eigenvalue weighted by atomic mass is 9.95. The van der Waals surface area contributed by atoms with Crippen molar-refractivity contribution < 1.29 is 0 Å². The van der Waals surface area contributed by atoms with E-state index in [4.69, 9.17) is 0 Å². The van der Waals surface area contributed by atoms with Crippen molar-refractivity contribution in [3.8, 4) is 0 Å². The molecule has 1 aromatic rings. The fraction of sp³-hybridized carbons (Fsp3) is 0.500. The average molecular weight is 209 g/mol. The zero-order chi connectivity index (χ0) is 10.6. The van der Waals surface area contributed by atoms with Crippen molar-refractivity contribution in [3.63, 3.8) is 0 Å². The van der Waals surface area contributed by atoms with Crippen LogP contribution in [-0.2, 0) is 6.42 Å². The van der Waals surface area contributed by atoms with Gasteiger partial charge in [0.15, 0.2) is 0 Å². The largest absolute Gasteiger partial charge is 0.314 e. The second-order valence-corrected chi connectivity index (χ2v) is 5.04. The lowest BCUT2D eigenvalue weighted by molar-refractivity contribution is 0.422. The Hall–Kier alpha value is -0.470. The van der Waals surface area contributed by atoms with Gasteiger partial charge in [0.2, 0.25) is 0 Å². The van der Waals surface area contributed by atoms with Crippen LogP contribution in [0.5, 0.6) is 0 Å². The van der Waals surface area contributed by atoms with Gasteiger partial charge in [0.1, 0.15) is 0 Å². The van der Waals surface area contributed by atoms with Gasteiger partial charge in [-0.2, -0.15) is 0 Å². The number of nitrogens with one attached hydrogen (secondary N) is 1. The summed E-state index contributed by atoms with van der Waals surface area (Å²) >= 11 is 1.80. The van der Waals surface area contributed by atoms with Gasteiger partial charge in [0, 0.05) is 10.4 Å². The molecule has 0 atom stereocenters. The predicted molar refractivity (Wildman–Crippen MR) is 65.1 cm³/mol. The van der Waals surface area contributed by atoms with Crippen molar-refractivity contribution in [2.45, 2.75) is 30.7 Å². The molecule has 1 nitrogen and oxygen atoms in total. The Balaban J connectivity index is 2.76. The van der Waals surface area contributed by atoms with Crippen LogP contribution in [-0.4, -0.2) is 18.8 Å². The molecule has 0 aromatic heterocycles. The van der Waals surface area contributed by atoms with Crippen LogP contribution in [0.4, 0.5) is 0 Å². The summed E-state index contributed by atoms with van der Waals surface area (Å²) in [6.07, 6.45) is 3.18. The minimum atomic E-state index is 0.178. The molecule has 0 aliphatic carbocycles. The van der Waals surface area contributed by atoms with Crippen LogP contribution < -0.4 is 5.32 Å². The molecule has 2 heteroatoms. The van der Waals surface area contributed by atoms with Crippen molar-refractivity contribution in [3.05, 3.63) is 29.8 Å². The van der Waals surface area contributed by atoms with Gasteiger partial charge in [0.25, 0.3) is 0 Å². The highest BCUT2D eigenvalue weighted by molar-refractivity contribution is 7.98. The van der Waals surface area contributed by atoms with Gasteiger partial charge in [-0.05, 0) is 51.3 Å². The fourth-order valence-corrected chi connectivity index (χ4v) is 1.86. The van der Waals surface area contributed by atoms with E-state index in [1.54, 1.807) is 11.8 Å². The molecule has 78 valence electrons. The molecule has 0 bridgehead atoms. The average Bonchev–Trinajstić information content (AvgIpc) is 2.17. The molecule has 0 aliphatic heterocycles. The summed E-state index contributed by atoms with van der Waals surface area (Å²) in [7, 11) is 2.01. The lowest BCUT2D eigenvalue weighted by Crippen LogP contribution is -2.38. The summed E-state index contributed by atoms with van der Waals surface area (Å²) in [4.78, 5) is 1.34. The van der Waals surface area contributed by atoms with Crippen molar-refractivity contribution in [1.29, 1.82) is 0 Å². The van der Waals surface area contributed by atoms with Crippen LogP contribution in [0.3, 0.4) is 0 Å². The summed E-state index contributed by atoms with van der Waals surface area (Å²) < 4.78 is 0. The third kappa shape index (κ3) is 3.35. The van der Waals surface area contributed by atoms with E-state index >= 15 is 0 Å². The molecule has 0 saturated heterocycles. The van der Waals surface area contributed by atoms with Crippen molar-refractivity contribution in [2.75, 3.05) is 13.3 Å².